The van der Waals surface area contributed by atoms with Gasteiger partial charge in [0, 0.05) is 0 Å². The number of hydrogen-bond donors (Lipinski definition) is 2. The highest BCUT2D eigenvalue weighted by atomic mass is 32.2. The first kappa shape index (κ1) is 14.0. The average Bonchev–Trinajstić information content (AvgIpc) is 3.08. The van der Waals surface area contributed by atoms with E-state index in [1.807, 2.05) is 0 Å². The molecule has 112 valence electrons. The summed E-state index contributed by atoms with van der Waals surface area (Å²) in [6.45, 7) is 0.859. The van der Waals surface area contributed by atoms with Crippen molar-refractivity contribution in [1.82, 2.24) is 15.5 Å². The fraction of sp³-hybridized carbons (Fsp3) is 0.333. The zero-order valence-electron chi connectivity index (χ0n) is 10.9. The maximum absolute atomic E-state index is 13.1. The molecule has 1 aromatic heterocycles. The van der Waals surface area contributed by atoms with Crippen molar-refractivity contribution in [3.63, 3.8) is 0 Å². The number of sulfonamides is 1. The van der Waals surface area contributed by atoms with E-state index >= 15 is 0 Å². The van der Waals surface area contributed by atoms with E-state index in [2.05, 4.69) is 20.2 Å². The van der Waals surface area contributed by atoms with Crippen molar-refractivity contribution in [3.05, 3.63) is 36.0 Å². The van der Waals surface area contributed by atoms with Crippen LogP contribution >= 0.6 is 0 Å². The van der Waals surface area contributed by atoms with Crippen LogP contribution in [0.25, 0.3) is 0 Å². The molecule has 0 spiro atoms. The van der Waals surface area contributed by atoms with Crippen LogP contribution in [0, 0.1) is 5.82 Å². The highest BCUT2D eigenvalue weighted by molar-refractivity contribution is 7.92. The standard InChI is InChI=1S/C12H13FN4O3S/c13-8-3-1-4-9(7-8)21(18,19)17-12-16-15-11(20-12)10-5-2-6-14-10/h1,3-4,7,10,14H,2,5-6H2,(H,16,17). The Morgan fingerprint density at radius 2 is 2.24 bits per heavy atom. The molecule has 7 nitrogen and oxygen atoms in total. The highest BCUT2D eigenvalue weighted by Gasteiger charge is 2.24. The molecule has 0 amide bonds. The van der Waals surface area contributed by atoms with Crippen molar-refractivity contribution in [2.75, 3.05) is 11.3 Å². The minimum Gasteiger partial charge on any atom is -0.406 e. The summed E-state index contributed by atoms with van der Waals surface area (Å²) in [5, 5.41) is 10.6. The second-order valence-electron chi connectivity index (χ2n) is 4.66. The van der Waals surface area contributed by atoms with Gasteiger partial charge in [-0.15, -0.1) is 5.10 Å². The van der Waals surface area contributed by atoms with Crippen LogP contribution in [0.5, 0.6) is 0 Å². The summed E-state index contributed by atoms with van der Waals surface area (Å²) in [6.07, 6.45) is 1.86. The third-order valence-electron chi connectivity index (χ3n) is 3.13. The van der Waals surface area contributed by atoms with E-state index < -0.39 is 15.8 Å². The van der Waals surface area contributed by atoms with Crippen LogP contribution in [0.15, 0.2) is 33.6 Å². The third kappa shape index (κ3) is 3.03. The Morgan fingerprint density at radius 3 is 2.95 bits per heavy atom. The van der Waals surface area contributed by atoms with Gasteiger partial charge in [0.1, 0.15) is 5.82 Å². The minimum absolute atomic E-state index is 0.0510. The van der Waals surface area contributed by atoms with Crippen LogP contribution < -0.4 is 10.0 Å². The lowest BCUT2D eigenvalue weighted by Gasteiger charge is -2.04. The van der Waals surface area contributed by atoms with Gasteiger partial charge in [-0.05, 0) is 37.6 Å². The first-order valence-electron chi connectivity index (χ1n) is 6.40. The molecule has 2 N–H and O–H groups in total. The summed E-state index contributed by atoms with van der Waals surface area (Å²) < 4.78 is 44.6. The zero-order valence-corrected chi connectivity index (χ0v) is 11.7. The van der Waals surface area contributed by atoms with Crippen molar-refractivity contribution in [2.24, 2.45) is 0 Å². The molecule has 21 heavy (non-hydrogen) atoms. The number of anilines is 1. The molecule has 1 atom stereocenters. The van der Waals surface area contributed by atoms with Crippen LogP contribution in [0.2, 0.25) is 0 Å². The van der Waals surface area contributed by atoms with E-state index in [1.165, 1.54) is 12.1 Å². The van der Waals surface area contributed by atoms with Gasteiger partial charge in [-0.3, -0.25) is 0 Å². The molecule has 1 saturated heterocycles. The Balaban J connectivity index is 1.79. The van der Waals surface area contributed by atoms with Crippen molar-refractivity contribution in [1.29, 1.82) is 0 Å². The highest BCUT2D eigenvalue weighted by Crippen LogP contribution is 2.24. The Kier molecular flexibility index (Phi) is 3.60. The van der Waals surface area contributed by atoms with Crippen molar-refractivity contribution in [3.8, 4) is 0 Å². The fourth-order valence-corrected chi connectivity index (χ4v) is 3.08. The van der Waals surface area contributed by atoms with E-state index in [-0.39, 0.29) is 17.0 Å². The fourth-order valence-electron chi connectivity index (χ4n) is 2.12. The third-order valence-corrected chi connectivity index (χ3v) is 4.44. The molecule has 0 radical (unpaired) electrons. The van der Waals surface area contributed by atoms with Crippen molar-refractivity contribution >= 4 is 16.0 Å². The maximum atomic E-state index is 13.1. The SMILES string of the molecule is O=S(=O)(Nc1nnc(C2CCCN2)o1)c1cccc(F)c1. The van der Waals surface area contributed by atoms with E-state index in [4.69, 9.17) is 4.42 Å². The molecule has 1 aromatic carbocycles. The quantitative estimate of drug-likeness (QED) is 0.886. The summed E-state index contributed by atoms with van der Waals surface area (Å²) in [7, 11) is -3.95. The smallest absolute Gasteiger partial charge is 0.329 e. The lowest BCUT2D eigenvalue weighted by atomic mass is 10.2. The monoisotopic (exact) mass is 312 g/mol. The topological polar surface area (TPSA) is 97.1 Å². The van der Waals surface area contributed by atoms with Crippen LogP contribution in [0.3, 0.4) is 0 Å². The van der Waals surface area contributed by atoms with E-state index in [9.17, 15) is 12.8 Å². The molecule has 0 saturated carbocycles. The molecular weight excluding hydrogens is 299 g/mol. The first-order chi connectivity index (χ1) is 10.0. The predicted octanol–water partition coefficient (Wildman–Crippen LogP) is 1.43. The lowest BCUT2D eigenvalue weighted by Crippen LogP contribution is -2.13. The summed E-state index contributed by atoms with van der Waals surface area (Å²) in [5.41, 5.74) is 0. The summed E-state index contributed by atoms with van der Waals surface area (Å²) in [5.74, 6) is -0.302. The number of aromatic nitrogens is 2. The van der Waals surface area contributed by atoms with Crippen LogP contribution in [-0.4, -0.2) is 25.2 Å². The Hall–Kier alpha value is -2.00. The molecule has 1 aliphatic heterocycles. The first-order valence-corrected chi connectivity index (χ1v) is 7.88. The predicted molar refractivity (Wildman–Crippen MR) is 71.5 cm³/mol. The molecule has 2 aromatic rings. The molecule has 1 aliphatic rings. The van der Waals surface area contributed by atoms with Gasteiger partial charge < -0.3 is 9.73 Å². The molecule has 1 fully saturated rings. The summed E-state index contributed by atoms with van der Waals surface area (Å²) >= 11 is 0. The van der Waals surface area contributed by atoms with E-state index in [1.54, 1.807) is 0 Å². The second-order valence-corrected chi connectivity index (χ2v) is 6.34. The van der Waals surface area contributed by atoms with Gasteiger partial charge in [0.15, 0.2) is 0 Å². The van der Waals surface area contributed by atoms with Gasteiger partial charge in [0.25, 0.3) is 10.0 Å². The zero-order chi connectivity index (χ0) is 14.9. The lowest BCUT2D eigenvalue weighted by molar-refractivity contribution is 0.439. The Labute approximate surface area is 120 Å². The van der Waals surface area contributed by atoms with Gasteiger partial charge in [-0.25, -0.2) is 17.5 Å². The largest absolute Gasteiger partial charge is 0.406 e. The van der Waals surface area contributed by atoms with Crippen LogP contribution in [-0.2, 0) is 10.0 Å². The minimum atomic E-state index is -3.95. The van der Waals surface area contributed by atoms with Gasteiger partial charge in [0.05, 0.1) is 10.9 Å². The van der Waals surface area contributed by atoms with Gasteiger partial charge in [-0.2, -0.15) is 0 Å². The number of halogens is 1. The number of nitrogens with zero attached hydrogens (tertiary/aromatic N) is 2. The van der Waals surface area contributed by atoms with Crippen LogP contribution in [0.1, 0.15) is 24.8 Å². The molecule has 0 aliphatic carbocycles. The van der Waals surface area contributed by atoms with Gasteiger partial charge in [0.2, 0.25) is 5.89 Å². The van der Waals surface area contributed by atoms with Crippen molar-refractivity contribution in [2.45, 2.75) is 23.8 Å². The molecule has 9 heteroatoms. The van der Waals surface area contributed by atoms with E-state index in [0.717, 1.165) is 31.5 Å². The summed E-state index contributed by atoms with van der Waals surface area (Å²) in [6, 6.07) is 4.38. The van der Waals surface area contributed by atoms with E-state index in [0.29, 0.717) is 5.89 Å². The number of rotatable bonds is 4. The molecule has 0 bridgehead atoms. The second kappa shape index (κ2) is 5.41. The van der Waals surface area contributed by atoms with Gasteiger partial charge in [-0.1, -0.05) is 11.2 Å². The average molecular weight is 312 g/mol. The molecule has 2 heterocycles. The summed E-state index contributed by atoms with van der Waals surface area (Å²) in [4.78, 5) is -0.207. The molecular formula is C12H13FN4O3S. The Morgan fingerprint density at radius 1 is 1.38 bits per heavy atom. The van der Waals surface area contributed by atoms with Gasteiger partial charge >= 0.3 is 6.01 Å². The Bertz CT molecular complexity index is 740. The molecule has 3 rings (SSSR count). The number of benzene rings is 1. The normalized spacial score (nSPS) is 18.8. The van der Waals surface area contributed by atoms with Crippen molar-refractivity contribution < 1.29 is 17.2 Å². The maximum Gasteiger partial charge on any atom is 0.329 e. The number of hydrogen-bond acceptors (Lipinski definition) is 6. The van der Waals surface area contributed by atoms with Crippen LogP contribution in [0.4, 0.5) is 10.4 Å². The molecule has 1 unspecified atom stereocenters. The number of nitrogens with one attached hydrogen (secondary N) is 2.